The summed E-state index contributed by atoms with van der Waals surface area (Å²) in [5.74, 6) is 5.87. The molecule has 0 aliphatic heterocycles. The predicted molar refractivity (Wildman–Crippen MR) is 49.6 cm³/mol. The standard InChI is InChI=1S/C8H12BrNO2/c1-8(2,5-12-10)7-3-6(9)4-11-7/h3-4H,5,10H2,1-2H3. The van der Waals surface area contributed by atoms with Crippen LogP contribution in [-0.4, -0.2) is 6.61 Å². The Kier molecular flexibility index (Phi) is 2.93. The molecule has 3 nitrogen and oxygen atoms in total. The van der Waals surface area contributed by atoms with Crippen molar-refractivity contribution in [2.45, 2.75) is 19.3 Å². The van der Waals surface area contributed by atoms with Gasteiger partial charge in [-0.3, -0.25) is 0 Å². The zero-order chi connectivity index (χ0) is 9.19. The second-order valence-corrected chi connectivity index (χ2v) is 4.24. The average molecular weight is 234 g/mol. The molecule has 1 aromatic rings. The second kappa shape index (κ2) is 3.60. The van der Waals surface area contributed by atoms with Gasteiger partial charge in [-0.15, -0.1) is 0 Å². The molecule has 0 fully saturated rings. The van der Waals surface area contributed by atoms with Crippen LogP contribution in [0.2, 0.25) is 0 Å². The maximum atomic E-state index is 5.30. The van der Waals surface area contributed by atoms with Crippen LogP contribution in [0.1, 0.15) is 19.6 Å². The smallest absolute Gasteiger partial charge is 0.112 e. The van der Waals surface area contributed by atoms with Crippen molar-refractivity contribution < 1.29 is 9.25 Å². The van der Waals surface area contributed by atoms with Crippen molar-refractivity contribution in [3.8, 4) is 0 Å². The normalized spacial score (nSPS) is 12.0. The Bertz CT molecular complexity index is 257. The van der Waals surface area contributed by atoms with Gasteiger partial charge < -0.3 is 9.25 Å². The van der Waals surface area contributed by atoms with Gasteiger partial charge >= 0.3 is 0 Å². The molecule has 0 aromatic carbocycles. The highest BCUT2D eigenvalue weighted by molar-refractivity contribution is 9.10. The van der Waals surface area contributed by atoms with E-state index < -0.39 is 0 Å². The molecule has 1 aromatic heterocycles. The lowest BCUT2D eigenvalue weighted by molar-refractivity contribution is 0.0879. The summed E-state index contributed by atoms with van der Waals surface area (Å²) < 4.78 is 6.23. The molecular weight excluding hydrogens is 222 g/mol. The molecule has 4 heteroatoms. The molecule has 0 atom stereocenters. The van der Waals surface area contributed by atoms with Gasteiger partial charge in [-0.05, 0) is 22.0 Å². The van der Waals surface area contributed by atoms with Gasteiger partial charge in [0.25, 0.3) is 0 Å². The Labute approximate surface area is 80.0 Å². The van der Waals surface area contributed by atoms with Crippen LogP contribution in [0.25, 0.3) is 0 Å². The molecule has 0 saturated carbocycles. The van der Waals surface area contributed by atoms with E-state index in [1.165, 1.54) is 0 Å². The van der Waals surface area contributed by atoms with Crippen LogP contribution < -0.4 is 5.90 Å². The minimum atomic E-state index is -0.180. The van der Waals surface area contributed by atoms with Crippen LogP contribution >= 0.6 is 15.9 Å². The molecule has 0 bridgehead atoms. The third kappa shape index (κ3) is 2.09. The van der Waals surface area contributed by atoms with Crippen molar-refractivity contribution in [3.63, 3.8) is 0 Å². The highest BCUT2D eigenvalue weighted by Crippen LogP contribution is 2.27. The van der Waals surface area contributed by atoms with Gasteiger partial charge in [-0.1, -0.05) is 13.8 Å². The first kappa shape index (κ1) is 9.77. The highest BCUT2D eigenvalue weighted by Gasteiger charge is 2.24. The number of hydrogen-bond acceptors (Lipinski definition) is 3. The maximum absolute atomic E-state index is 5.30. The molecule has 0 unspecified atom stereocenters. The van der Waals surface area contributed by atoms with Crippen molar-refractivity contribution in [2.24, 2.45) is 5.90 Å². The van der Waals surface area contributed by atoms with Crippen molar-refractivity contribution in [1.29, 1.82) is 0 Å². The Morgan fingerprint density at radius 1 is 1.67 bits per heavy atom. The third-order valence-corrected chi connectivity index (χ3v) is 2.09. The zero-order valence-electron chi connectivity index (χ0n) is 7.13. The molecule has 0 saturated heterocycles. The van der Waals surface area contributed by atoms with Gasteiger partial charge in [0, 0.05) is 5.41 Å². The van der Waals surface area contributed by atoms with E-state index in [1.54, 1.807) is 6.26 Å². The van der Waals surface area contributed by atoms with Crippen LogP contribution in [0.5, 0.6) is 0 Å². The number of halogens is 1. The van der Waals surface area contributed by atoms with E-state index in [0.29, 0.717) is 6.61 Å². The summed E-state index contributed by atoms with van der Waals surface area (Å²) in [6.07, 6.45) is 1.65. The van der Waals surface area contributed by atoms with Gasteiger partial charge in [0.1, 0.15) is 12.0 Å². The van der Waals surface area contributed by atoms with Crippen LogP contribution in [-0.2, 0) is 10.3 Å². The summed E-state index contributed by atoms with van der Waals surface area (Å²) >= 11 is 3.31. The lowest BCUT2D eigenvalue weighted by Gasteiger charge is -2.19. The van der Waals surface area contributed by atoms with E-state index in [-0.39, 0.29) is 5.41 Å². The van der Waals surface area contributed by atoms with Gasteiger partial charge in [0.2, 0.25) is 0 Å². The summed E-state index contributed by atoms with van der Waals surface area (Å²) in [6, 6.07) is 1.92. The predicted octanol–water partition coefficient (Wildman–Crippen LogP) is 2.21. The van der Waals surface area contributed by atoms with E-state index in [0.717, 1.165) is 10.2 Å². The molecule has 0 aliphatic rings. The van der Waals surface area contributed by atoms with E-state index >= 15 is 0 Å². The Morgan fingerprint density at radius 3 is 2.75 bits per heavy atom. The molecule has 2 N–H and O–H groups in total. The molecule has 12 heavy (non-hydrogen) atoms. The Morgan fingerprint density at radius 2 is 2.33 bits per heavy atom. The molecule has 0 aliphatic carbocycles. The van der Waals surface area contributed by atoms with Crippen molar-refractivity contribution in [2.75, 3.05) is 6.61 Å². The second-order valence-electron chi connectivity index (χ2n) is 3.32. The zero-order valence-corrected chi connectivity index (χ0v) is 8.72. The van der Waals surface area contributed by atoms with Crippen LogP contribution in [0.3, 0.4) is 0 Å². The van der Waals surface area contributed by atoms with Gasteiger partial charge in [0.15, 0.2) is 0 Å². The summed E-state index contributed by atoms with van der Waals surface area (Å²) in [4.78, 5) is 4.59. The molecule has 68 valence electrons. The number of hydrogen-bond donors (Lipinski definition) is 1. The monoisotopic (exact) mass is 233 g/mol. The first-order chi connectivity index (χ1) is 5.56. The number of furan rings is 1. The van der Waals surface area contributed by atoms with Crippen LogP contribution in [0.15, 0.2) is 21.2 Å². The minimum Gasteiger partial charge on any atom is -0.467 e. The molecule has 1 heterocycles. The van der Waals surface area contributed by atoms with Gasteiger partial charge in [-0.25, -0.2) is 5.90 Å². The number of rotatable bonds is 3. The molecule has 0 radical (unpaired) electrons. The fourth-order valence-corrected chi connectivity index (χ4v) is 1.25. The lowest BCUT2D eigenvalue weighted by Crippen LogP contribution is -2.25. The van der Waals surface area contributed by atoms with E-state index in [1.807, 2.05) is 19.9 Å². The third-order valence-electron chi connectivity index (χ3n) is 1.68. The molecule has 0 spiro atoms. The van der Waals surface area contributed by atoms with Crippen molar-refractivity contribution in [3.05, 3.63) is 22.6 Å². The summed E-state index contributed by atoms with van der Waals surface area (Å²) in [5, 5.41) is 0. The van der Waals surface area contributed by atoms with E-state index in [9.17, 15) is 0 Å². The topological polar surface area (TPSA) is 48.4 Å². The summed E-state index contributed by atoms with van der Waals surface area (Å²) in [6.45, 7) is 4.45. The first-order valence-corrected chi connectivity index (χ1v) is 4.42. The first-order valence-electron chi connectivity index (χ1n) is 3.62. The number of nitrogens with two attached hydrogens (primary N) is 1. The molecule has 1 rings (SSSR count). The fraction of sp³-hybridized carbons (Fsp3) is 0.500. The van der Waals surface area contributed by atoms with Crippen molar-refractivity contribution >= 4 is 15.9 Å². The van der Waals surface area contributed by atoms with Gasteiger partial charge in [0.05, 0.1) is 11.1 Å². The van der Waals surface area contributed by atoms with E-state index in [4.69, 9.17) is 10.3 Å². The fourth-order valence-electron chi connectivity index (χ4n) is 0.947. The Balaban J connectivity index is 2.81. The summed E-state index contributed by atoms with van der Waals surface area (Å²) in [5.41, 5.74) is -0.180. The maximum Gasteiger partial charge on any atom is 0.112 e. The van der Waals surface area contributed by atoms with Crippen molar-refractivity contribution in [1.82, 2.24) is 0 Å². The quantitative estimate of drug-likeness (QED) is 0.815. The molecule has 0 amide bonds. The summed E-state index contributed by atoms with van der Waals surface area (Å²) in [7, 11) is 0. The average Bonchev–Trinajstić information content (AvgIpc) is 2.36. The van der Waals surface area contributed by atoms with Crippen LogP contribution in [0.4, 0.5) is 0 Å². The largest absolute Gasteiger partial charge is 0.467 e. The molecular formula is C8H12BrNO2. The minimum absolute atomic E-state index is 0.180. The Hall–Kier alpha value is -0.320. The lowest BCUT2D eigenvalue weighted by atomic mass is 9.92. The van der Waals surface area contributed by atoms with E-state index in [2.05, 4.69) is 20.8 Å². The van der Waals surface area contributed by atoms with Gasteiger partial charge in [-0.2, -0.15) is 0 Å². The highest BCUT2D eigenvalue weighted by atomic mass is 79.9. The van der Waals surface area contributed by atoms with Crippen LogP contribution in [0, 0.1) is 0 Å². The SMILES string of the molecule is CC(C)(CON)c1cc(Br)co1.